The predicted octanol–water partition coefficient (Wildman–Crippen LogP) is 1.48. The molecule has 3 nitrogen and oxygen atoms in total. The van der Waals surface area contributed by atoms with Gasteiger partial charge in [0.05, 0.1) is 5.75 Å². The second-order valence-corrected chi connectivity index (χ2v) is 4.78. The molecule has 0 unspecified atom stereocenters. The largest absolute Gasteiger partial charge is 0.297 e. The van der Waals surface area contributed by atoms with Gasteiger partial charge in [0, 0.05) is 24.9 Å². The van der Waals surface area contributed by atoms with E-state index in [1.54, 1.807) is 11.1 Å². The number of carbonyl (C=O) groups is 1. The molecule has 1 amide bonds. The van der Waals surface area contributed by atoms with Gasteiger partial charge in [0.25, 0.3) is 0 Å². The molecular formula is C10H10N2OS2. The first-order chi connectivity index (χ1) is 7.27. The smallest absolute Gasteiger partial charge is 0.238 e. The molecule has 0 radical (unpaired) electrons. The molecular weight excluding hydrogens is 228 g/mol. The lowest BCUT2D eigenvalue weighted by Crippen LogP contribution is -2.30. The first-order valence-corrected chi connectivity index (χ1v) is 6.04. The Balaban J connectivity index is 1.93. The molecule has 0 bridgehead atoms. The average molecular weight is 238 g/mol. The molecule has 5 heteroatoms. The minimum atomic E-state index is 0.112. The van der Waals surface area contributed by atoms with E-state index in [4.69, 9.17) is 12.2 Å². The third-order valence-electron chi connectivity index (χ3n) is 2.16. The maximum Gasteiger partial charge on any atom is 0.238 e. The van der Waals surface area contributed by atoms with E-state index in [9.17, 15) is 4.79 Å². The van der Waals surface area contributed by atoms with Crippen molar-refractivity contribution in [3.8, 4) is 0 Å². The van der Waals surface area contributed by atoms with E-state index in [0.29, 0.717) is 16.6 Å². The third-order valence-corrected chi connectivity index (χ3v) is 3.59. The zero-order valence-corrected chi connectivity index (χ0v) is 9.68. The third kappa shape index (κ3) is 2.54. The number of thioether (sulfide) groups is 1. The summed E-state index contributed by atoms with van der Waals surface area (Å²) in [6.07, 6.45) is 2.52. The van der Waals surface area contributed by atoms with Crippen molar-refractivity contribution in [2.45, 2.75) is 6.42 Å². The lowest BCUT2D eigenvalue weighted by molar-refractivity contribution is -0.123. The number of aromatic nitrogens is 1. The van der Waals surface area contributed by atoms with Crippen molar-refractivity contribution in [1.82, 2.24) is 9.88 Å². The summed E-state index contributed by atoms with van der Waals surface area (Å²) in [6, 6.07) is 5.78. The number of nitrogens with zero attached hydrogens (tertiary/aromatic N) is 2. The second kappa shape index (κ2) is 4.72. The second-order valence-electron chi connectivity index (χ2n) is 3.17. The molecule has 0 saturated carbocycles. The number of hydrogen-bond donors (Lipinski definition) is 0. The van der Waals surface area contributed by atoms with Crippen LogP contribution in [0, 0.1) is 0 Å². The summed E-state index contributed by atoms with van der Waals surface area (Å²) in [4.78, 5) is 17.3. The predicted molar refractivity (Wildman–Crippen MR) is 64.7 cm³/mol. The maximum atomic E-state index is 11.4. The molecule has 0 spiro atoms. The molecule has 1 aliphatic rings. The lowest BCUT2D eigenvalue weighted by Gasteiger charge is -2.13. The summed E-state index contributed by atoms with van der Waals surface area (Å²) < 4.78 is 0.691. The van der Waals surface area contributed by atoms with Crippen LogP contribution in [0.2, 0.25) is 0 Å². The highest BCUT2D eigenvalue weighted by Crippen LogP contribution is 2.19. The van der Waals surface area contributed by atoms with E-state index in [2.05, 4.69) is 4.98 Å². The van der Waals surface area contributed by atoms with Crippen LogP contribution in [0.1, 0.15) is 5.69 Å². The topological polar surface area (TPSA) is 33.2 Å². The first-order valence-electron chi connectivity index (χ1n) is 4.64. The van der Waals surface area contributed by atoms with Gasteiger partial charge in [-0.25, -0.2) is 0 Å². The Hall–Kier alpha value is -0.940. The Morgan fingerprint density at radius 1 is 1.53 bits per heavy atom. The van der Waals surface area contributed by atoms with E-state index in [1.807, 2.05) is 18.2 Å². The fourth-order valence-corrected chi connectivity index (χ4v) is 2.49. The van der Waals surface area contributed by atoms with Crippen molar-refractivity contribution >= 4 is 34.2 Å². The van der Waals surface area contributed by atoms with Crippen molar-refractivity contribution in [2.24, 2.45) is 0 Å². The van der Waals surface area contributed by atoms with Crippen molar-refractivity contribution in [3.63, 3.8) is 0 Å². The van der Waals surface area contributed by atoms with Crippen LogP contribution in [-0.4, -0.2) is 32.4 Å². The Labute approximate surface area is 97.9 Å². The zero-order chi connectivity index (χ0) is 10.7. The summed E-state index contributed by atoms with van der Waals surface area (Å²) >= 11 is 6.52. The van der Waals surface area contributed by atoms with Crippen molar-refractivity contribution < 1.29 is 4.79 Å². The van der Waals surface area contributed by atoms with Crippen molar-refractivity contribution in [3.05, 3.63) is 30.1 Å². The van der Waals surface area contributed by atoms with Crippen LogP contribution in [-0.2, 0) is 11.2 Å². The van der Waals surface area contributed by atoms with Gasteiger partial charge in [0.2, 0.25) is 5.91 Å². The van der Waals surface area contributed by atoms with Gasteiger partial charge in [-0.1, -0.05) is 30.0 Å². The fourth-order valence-electron chi connectivity index (χ4n) is 1.37. The minimum absolute atomic E-state index is 0.112. The highest BCUT2D eigenvalue weighted by atomic mass is 32.2. The van der Waals surface area contributed by atoms with Gasteiger partial charge in [-0.3, -0.25) is 14.7 Å². The van der Waals surface area contributed by atoms with Gasteiger partial charge in [-0.15, -0.1) is 0 Å². The van der Waals surface area contributed by atoms with E-state index >= 15 is 0 Å². The quantitative estimate of drug-likeness (QED) is 0.747. The van der Waals surface area contributed by atoms with Crippen LogP contribution < -0.4 is 0 Å². The van der Waals surface area contributed by atoms with E-state index in [-0.39, 0.29) is 5.91 Å². The molecule has 78 valence electrons. The molecule has 15 heavy (non-hydrogen) atoms. The molecule has 0 atom stereocenters. The monoisotopic (exact) mass is 238 g/mol. The average Bonchev–Trinajstić information content (AvgIpc) is 2.58. The van der Waals surface area contributed by atoms with Gasteiger partial charge < -0.3 is 0 Å². The highest BCUT2D eigenvalue weighted by molar-refractivity contribution is 8.23. The van der Waals surface area contributed by atoms with Crippen LogP contribution in [0.25, 0.3) is 0 Å². The molecule has 0 N–H and O–H groups in total. The fraction of sp³-hybridized carbons (Fsp3) is 0.300. The van der Waals surface area contributed by atoms with Crippen LogP contribution >= 0.6 is 24.0 Å². The summed E-state index contributed by atoms with van der Waals surface area (Å²) in [6.45, 7) is 0.641. The number of hydrogen-bond acceptors (Lipinski definition) is 4. The molecule has 1 saturated heterocycles. The number of rotatable bonds is 3. The normalized spacial score (nSPS) is 16.1. The molecule has 0 aromatic carbocycles. The number of carbonyl (C=O) groups excluding carboxylic acids is 1. The number of thiocarbonyl (C=S) groups is 1. The molecule has 2 heterocycles. The van der Waals surface area contributed by atoms with Crippen LogP contribution in [0.4, 0.5) is 0 Å². The van der Waals surface area contributed by atoms with Crippen molar-refractivity contribution in [1.29, 1.82) is 0 Å². The van der Waals surface area contributed by atoms with E-state index in [1.165, 1.54) is 11.8 Å². The van der Waals surface area contributed by atoms with Gasteiger partial charge in [-0.05, 0) is 12.1 Å². The zero-order valence-electron chi connectivity index (χ0n) is 8.05. The molecule has 1 aromatic heterocycles. The first kappa shape index (κ1) is 10.6. The Morgan fingerprint density at radius 2 is 2.40 bits per heavy atom. The highest BCUT2D eigenvalue weighted by Gasteiger charge is 2.25. The maximum absolute atomic E-state index is 11.4. The summed E-state index contributed by atoms with van der Waals surface area (Å²) in [5.41, 5.74) is 0.991. The van der Waals surface area contributed by atoms with Gasteiger partial charge in [0.15, 0.2) is 0 Å². The molecule has 2 rings (SSSR count). The van der Waals surface area contributed by atoms with Gasteiger partial charge in [0.1, 0.15) is 4.32 Å². The lowest BCUT2D eigenvalue weighted by atomic mass is 10.2. The van der Waals surface area contributed by atoms with E-state index < -0.39 is 0 Å². The SMILES string of the molecule is O=C1CSC(=S)N1CCc1ccccn1. The standard InChI is InChI=1S/C10H10N2OS2/c13-9-7-15-10(14)12(9)6-4-8-3-1-2-5-11-8/h1-3,5H,4,6-7H2. The molecule has 1 aromatic rings. The molecule has 1 fully saturated rings. The number of pyridine rings is 1. The summed E-state index contributed by atoms with van der Waals surface area (Å²) in [7, 11) is 0. The molecule has 0 aliphatic carbocycles. The Kier molecular flexibility index (Phi) is 3.33. The van der Waals surface area contributed by atoms with Gasteiger partial charge in [-0.2, -0.15) is 0 Å². The van der Waals surface area contributed by atoms with Crippen LogP contribution in [0.3, 0.4) is 0 Å². The number of amides is 1. The minimum Gasteiger partial charge on any atom is -0.297 e. The van der Waals surface area contributed by atoms with Crippen molar-refractivity contribution in [2.75, 3.05) is 12.3 Å². The molecule has 1 aliphatic heterocycles. The van der Waals surface area contributed by atoms with Gasteiger partial charge >= 0.3 is 0 Å². The van der Waals surface area contributed by atoms with E-state index in [0.717, 1.165) is 12.1 Å². The summed E-state index contributed by atoms with van der Waals surface area (Å²) in [5, 5.41) is 0. The van der Waals surface area contributed by atoms with Crippen LogP contribution in [0.15, 0.2) is 24.4 Å². The summed E-state index contributed by atoms with van der Waals surface area (Å²) in [5.74, 6) is 0.599. The Bertz CT molecular complexity index is 364. The van der Waals surface area contributed by atoms with Crippen LogP contribution in [0.5, 0.6) is 0 Å². The Morgan fingerprint density at radius 3 is 3.00 bits per heavy atom.